The third-order valence-corrected chi connectivity index (χ3v) is 5.73. The van der Waals surface area contributed by atoms with Crippen molar-refractivity contribution in [1.82, 2.24) is 4.90 Å². The molecule has 2 aliphatic rings. The van der Waals surface area contributed by atoms with Gasteiger partial charge in [0, 0.05) is 24.8 Å². The van der Waals surface area contributed by atoms with Crippen molar-refractivity contribution < 1.29 is 18.3 Å². The summed E-state index contributed by atoms with van der Waals surface area (Å²) in [5.41, 5.74) is 1.25. The van der Waals surface area contributed by atoms with Gasteiger partial charge in [-0.25, -0.2) is 13.2 Å². The van der Waals surface area contributed by atoms with E-state index in [2.05, 4.69) is 0 Å². The van der Waals surface area contributed by atoms with Gasteiger partial charge < -0.3 is 10.0 Å². The van der Waals surface area contributed by atoms with E-state index < -0.39 is 15.9 Å². The molecule has 1 aliphatic heterocycles. The van der Waals surface area contributed by atoms with Crippen LogP contribution in [0.3, 0.4) is 0 Å². The number of benzene rings is 1. The summed E-state index contributed by atoms with van der Waals surface area (Å²) in [5.74, 6) is 0.538. The van der Waals surface area contributed by atoms with Crippen LogP contribution in [0.15, 0.2) is 29.2 Å². The summed E-state index contributed by atoms with van der Waals surface area (Å²) >= 11 is 0. The van der Waals surface area contributed by atoms with Crippen molar-refractivity contribution in [3.8, 4) is 0 Å². The van der Waals surface area contributed by atoms with Crippen LogP contribution in [-0.4, -0.2) is 43.9 Å². The van der Waals surface area contributed by atoms with Crippen molar-refractivity contribution in [1.29, 1.82) is 0 Å². The lowest BCUT2D eigenvalue weighted by atomic mass is 9.56. The van der Waals surface area contributed by atoms with Crippen LogP contribution in [0.4, 0.5) is 4.79 Å². The Balaban J connectivity index is 1.57. The quantitative estimate of drug-likeness (QED) is 0.927. The number of nitrogens with zero attached hydrogens (tertiary/aromatic N) is 1. The average Bonchev–Trinajstić information content (AvgIpc) is 2.29. The minimum Gasteiger partial charge on any atom is -0.465 e. The van der Waals surface area contributed by atoms with E-state index in [1.54, 1.807) is 18.2 Å². The number of likely N-dealkylation sites (tertiary alicyclic amines) is 1. The molecule has 21 heavy (non-hydrogen) atoms. The first-order valence-corrected chi connectivity index (χ1v) is 8.93. The van der Waals surface area contributed by atoms with Crippen LogP contribution in [0.1, 0.15) is 18.4 Å². The Morgan fingerprint density at radius 3 is 2.62 bits per heavy atom. The minimum atomic E-state index is -3.15. The molecule has 1 saturated carbocycles. The molecule has 0 bridgehead atoms. The van der Waals surface area contributed by atoms with Crippen LogP contribution in [0.25, 0.3) is 0 Å². The molecule has 0 radical (unpaired) electrons. The number of carbonyl (C=O) groups is 1. The molecule has 1 aromatic carbocycles. The number of amides is 1. The van der Waals surface area contributed by atoms with E-state index in [0.29, 0.717) is 23.9 Å². The fourth-order valence-electron chi connectivity index (χ4n) is 3.70. The largest absolute Gasteiger partial charge is 0.465 e. The Labute approximate surface area is 124 Å². The van der Waals surface area contributed by atoms with Gasteiger partial charge >= 0.3 is 6.09 Å². The van der Waals surface area contributed by atoms with Gasteiger partial charge in [0.25, 0.3) is 0 Å². The fraction of sp³-hybridized carbons (Fsp3) is 0.533. The lowest BCUT2D eigenvalue weighted by Gasteiger charge is -2.58. The van der Waals surface area contributed by atoms with Crippen molar-refractivity contribution >= 4 is 15.9 Å². The highest BCUT2D eigenvalue weighted by Gasteiger charge is 2.53. The molecule has 5 nitrogen and oxygen atoms in total. The third kappa shape index (κ3) is 2.77. The summed E-state index contributed by atoms with van der Waals surface area (Å²) in [7, 11) is -3.15. The molecule has 1 aromatic rings. The fourth-order valence-corrected chi connectivity index (χ4v) is 4.39. The maximum absolute atomic E-state index is 11.6. The van der Waals surface area contributed by atoms with E-state index >= 15 is 0 Å². The lowest BCUT2D eigenvalue weighted by molar-refractivity contribution is -0.0794. The Morgan fingerprint density at radius 2 is 2.05 bits per heavy atom. The summed E-state index contributed by atoms with van der Waals surface area (Å²) in [6.45, 7) is 1.31. The van der Waals surface area contributed by atoms with E-state index in [9.17, 15) is 13.2 Å². The van der Waals surface area contributed by atoms with E-state index in [1.807, 2.05) is 6.07 Å². The van der Waals surface area contributed by atoms with Gasteiger partial charge in [0.2, 0.25) is 0 Å². The second kappa shape index (κ2) is 4.73. The van der Waals surface area contributed by atoms with Crippen molar-refractivity contribution in [2.75, 3.05) is 19.3 Å². The van der Waals surface area contributed by atoms with Gasteiger partial charge in [-0.15, -0.1) is 0 Å². The summed E-state index contributed by atoms with van der Waals surface area (Å²) < 4.78 is 23.1. The van der Waals surface area contributed by atoms with Gasteiger partial charge in [-0.3, -0.25) is 0 Å². The first-order chi connectivity index (χ1) is 9.77. The summed E-state index contributed by atoms with van der Waals surface area (Å²) in [4.78, 5) is 12.6. The van der Waals surface area contributed by atoms with Crippen LogP contribution in [0.2, 0.25) is 0 Å². The van der Waals surface area contributed by atoms with Crippen LogP contribution in [0.5, 0.6) is 0 Å². The van der Waals surface area contributed by atoms with Gasteiger partial charge in [0.1, 0.15) is 0 Å². The zero-order valence-corrected chi connectivity index (χ0v) is 12.8. The lowest BCUT2D eigenvalue weighted by Crippen LogP contribution is -2.63. The van der Waals surface area contributed by atoms with Crippen molar-refractivity contribution in [3.05, 3.63) is 29.8 Å². The number of sulfone groups is 1. The van der Waals surface area contributed by atoms with Gasteiger partial charge in [-0.2, -0.15) is 0 Å². The summed E-state index contributed by atoms with van der Waals surface area (Å²) in [5, 5.41) is 8.86. The van der Waals surface area contributed by atoms with Gasteiger partial charge in [-0.1, -0.05) is 12.1 Å². The van der Waals surface area contributed by atoms with Crippen molar-refractivity contribution in [2.24, 2.45) is 11.3 Å². The van der Waals surface area contributed by atoms with E-state index in [1.165, 1.54) is 11.2 Å². The Kier molecular flexibility index (Phi) is 3.24. The normalized spacial score (nSPS) is 20.9. The highest BCUT2D eigenvalue weighted by atomic mass is 32.2. The van der Waals surface area contributed by atoms with Crippen LogP contribution >= 0.6 is 0 Å². The maximum atomic E-state index is 11.6. The SMILES string of the molecule is CS(=O)(=O)c1cccc(CC2CC3(C2)CN(C(=O)O)C3)c1. The van der Waals surface area contributed by atoms with E-state index in [-0.39, 0.29) is 5.41 Å². The zero-order valence-electron chi connectivity index (χ0n) is 11.9. The molecule has 1 spiro atoms. The minimum absolute atomic E-state index is 0.206. The van der Waals surface area contributed by atoms with Gasteiger partial charge in [0.15, 0.2) is 9.84 Å². The Bertz CT molecular complexity index is 669. The molecule has 1 aliphatic carbocycles. The molecule has 1 saturated heterocycles. The second-order valence-corrected chi connectivity index (χ2v) is 8.55. The summed E-state index contributed by atoms with van der Waals surface area (Å²) in [6.07, 6.45) is 3.35. The van der Waals surface area contributed by atoms with E-state index in [0.717, 1.165) is 24.8 Å². The van der Waals surface area contributed by atoms with Gasteiger partial charge in [-0.05, 0) is 42.9 Å². The number of rotatable bonds is 3. The highest BCUT2D eigenvalue weighted by Crippen LogP contribution is 2.52. The molecule has 0 unspecified atom stereocenters. The molecular formula is C15H19NO4S. The molecule has 2 fully saturated rings. The summed E-state index contributed by atoms with van der Waals surface area (Å²) in [6, 6.07) is 7.13. The molecule has 3 rings (SSSR count). The molecule has 0 aromatic heterocycles. The number of carboxylic acid groups (broad SMARTS) is 1. The molecule has 6 heteroatoms. The van der Waals surface area contributed by atoms with Crippen LogP contribution in [-0.2, 0) is 16.3 Å². The van der Waals surface area contributed by atoms with Crippen LogP contribution in [0, 0.1) is 11.3 Å². The molecule has 114 valence electrons. The predicted molar refractivity (Wildman–Crippen MR) is 78.0 cm³/mol. The van der Waals surface area contributed by atoms with Crippen molar-refractivity contribution in [2.45, 2.75) is 24.2 Å². The monoisotopic (exact) mass is 309 g/mol. The third-order valence-electron chi connectivity index (χ3n) is 4.62. The van der Waals surface area contributed by atoms with Gasteiger partial charge in [0.05, 0.1) is 4.90 Å². The molecule has 1 N–H and O–H groups in total. The van der Waals surface area contributed by atoms with Crippen LogP contribution < -0.4 is 0 Å². The first-order valence-electron chi connectivity index (χ1n) is 7.04. The number of hydrogen-bond acceptors (Lipinski definition) is 3. The zero-order chi connectivity index (χ0) is 15.3. The second-order valence-electron chi connectivity index (χ2n) is 6.54. The molecule has 0 atom stereocenters. The van der Waals surface area contributed by atoms with E-state index in [4.69, 9.17) is 5.11 Å². The van der Waals surface area contributed by atoms with Crippen molar-refractivity contribution in [3.63, 3.8) is 0 Å². The average molecular weight is 309 g/mol. The molecular weight excluding hydrogens is 290 g/mol. The topological polar surface area (TPSA) is 74.7 Å². The first kappa shape index (κ1) is 14.4. The number of hydrogen-bond donors (Lipinski definition) is 1. The Hall–Kier alpha value is -1.56. The predicted octanol–water partition coefficient (Wildman–Crippen LogP) is 2.02. The molecule has 1 amide bonds. The maximum Gasteiger partial charge on any atom is 0.407 e. The Morgan fingerprint density at radius 1 is 1.38 bits per heavy atom. The standard InChI is InChI=1S/C15H19NO4S/c1-21(19,20)13-4-2-3-11(6-13)5-12-7-15(8-12)9-16(10-15)14(17)18/h2-4,6,12H,5,7-10H2,1H3,(H,17,18). The smallest absolute Gasteiger partial charge is 0.407 e. The highest BCUT2D eigenvalue weighted by molar-refractivity contribution is 7.90. The molecule has 1 heterocycles.